The minimum Gasteiger partial charge on any atom is -0.359 e. The van der Waals surface area contributed by atoms with Crippen molar-refractivity contribution in [2.45, 2.75) is 31.2 Å². The molecule has 0 aliphatic rings. The molecule has 0 spiro atoms. The van der Waals surface area contributed by atoms with Crippen LogP contribution in [0.1, 0.15) is 24.1 Å². The fourth-order valence-corrected chi connectivity index (χ4v) is 3.05. The number of carbonyl (C=O) groups excluding carboxylic acids is 1. The molecule has 0 fully saturated rings. The highest BCUT2D eigenvalue weighted by molar-refractivity contribution is 8.01. The summed E-state index contributed by atoms with van der Waals surface area (Å²) >= 11 is 3.00. The van der Waals surface area contributed by atoms with E-state index in [1.807, 2.05) is 25.3 Å². The molecule has 2 aromatic rings. The summed E-state index contributed by atoms with van der Waals surface area (Å²) in [4.78, 5) is 15.9. The predicted octanol–water partition coefficient (Wildman–Crippen LogP) is 2.41. The van der Waals surface area contributed by atoms with E-state index in [2.05, 4.69) is 15.5 Å². The number of rotatable bonds is 6. The lowest BCUT2D eigenvalue weighted by Gasteiger charge is -2.00. The van der Waals surface area contributed by atoms with Crippen molar-refractivity contribution in [2.24, 2.45) is 0 Å². The lowest BCUT2D eigenvalue weighted by molar-refractivity contribution is -0.118. The molecule has 0 aromatic carbocycles. The van der Waals surface area contributed by atoms with Crippen LogP contribution in [0.25, 0.3) is 0 Å². The molecule has 2 rings (SSSR count). The molecule has 0 saturated heterocycles. The molecule has 0 saturated carbocycles. The minimum absolute atomic E-state index is 0.0349. The number of aromatic nitrogens is 2. The Hall–Kier alpha value is -1.34. The first-order valence-corrected chi connectivity index (χ1v) is 7.80. The van der Waals surface area contributed by atoms with Gasteiger partial charge < -0.3 is 9.84 Å². The van der Waals surface area contributed by atoms with Crippen LogP contribution >= 0.6 is 23.1 Å². The molecular weight excluding hydrogens is 282 g/mol. The Kier molecular flexibility index (Phi) is 4.98. The van der Waals surface area contributed by atoms with Crippen molar-refractivity contribution in [1.82, 2.24) is 15.5 Å². The van der Waals surface area contributed by atoms with Crippen LogP contribution in [0.4, 0.5) is 0 Å². The van der Waals surface area contributed by atoms with Gasteiger partial charge in [-0.05, 0) is 13.3 Å². The number of carbonyl (C=O) groups is 1. The third-order valence-electron chi connectivity index (χ3n) is 2.35. The fraction of sp³-hybridized carbons (Fsp3) is 0.417. The van der Waals surface area contributed by atoms with Crippen LogP contribution in [0.5, 0.6) is 0 Å². The topological polar surface area (TPSA) is 68.0 Å². The number of thiazole rings is 1. The maximum Gasteiger partial charge on any atom is 0.230 e. The standard InChI is InChI=1S/C12H15N3O2S2/c1-3-9-4-10(17-15-9)5-13-11(16)7-19-12-14-8(2)6-18-12/h4,6H,3,5,7H2,1-2H3,(H,13,16). The molecule has 102 valence electrons. The Labute approximate surface area is 119 Å². The molecule has 5 nitrogen and oxygen atoms in total. The van der Waals surface area contributed by atoms with E-state index in [0.29, 0.717) is 18.1 Å². The van der Waals surface area contributed by atoms with Crippen LogP contribution in [-0.4, -0.2) is 21.8 Å². The largest absolute Gasteiger partial charge is 0.359 e. The van der Waals surface area contributed by atoms with Crippen molar-refractivity contribution in [2.75, 3.05) is 5.75 Å². The molecule has 19 heavy (non-hydrogen) atoms. The smallest absolute Gasteiger partial charge is 0.230 e. The maximum absolute atomic E-state index is 11.7. The Morgan fingerprint density at radius 2 is 2.42 bits per heavy atom. The van der Waals surface area contributed by atoms with Gasteiger partial charge in [0, 0.05) is 17.1 Å². The summed E-state index contributed by atoms with van der Waals surface area (Å²) in [6, 6.07) is 1.86. The normalized spacial score (nSPS) is 10.6. The van der Waals surface area contributed by atoms with Gasteiger partial charge in [-0.25, -0.2) is 4.98 Å². The lowest BCUT2D eigenvalue weighted by atomic mass is 10.3. The molecule has 0 bridgehead atoms. The van der Waals surface area contributed by atoms with E-state index < -0.39 is 0 Å². The highest BCUT2D eigenvalue weighted by Crippen LogP contribution is 2.21. The number of thioether (sulfide) groups is 1. The van der Waals surface area contributed by atoms with E-state index in [4.69, 9.17) is 4.52 Å². The van der Waals surface area contributed by atoms with Crippen LogP contribution in [0.3, 0.4) is 0 Å². The number of nitrogens with zero attached hydrogens (tertiary/aromatic N) is 2. The number of nitrogens with one attached hydrogen (secondary N) is 1. The highest BCUT2D eigenvalue weighted by atomic mass is 32.2. The molecular formula is C12H15N3O2S2. The van der Waals surface area contributed by atoms with Crippen molar-refractivity contribution in [1.29, 1.82) is 0 Å². The van der Waals surface area contributed by atoms with Crippen LogP contribution < -0.4 is 5.32 Å². The average Bonchev–Trinajstić information content (AvgIpc) is 3.02. The van der Waals surface area contributed by atoms with Crippen molar-refractivity contribution in [3.8, 4) is 0 Å². The van der Waals surface area contributed by atoms with Gasteiger partial charge in [0.15, 0.2) is 10.1 Å². The summed E-state index contributed by atoms with van der Waals surface area (Å²) in [5.41, 5.74) is 1.89. The molecule has 2 aromatic heterocycles. The molecule has 0 aliphatic carbocycles. The first kappa shape index (κ1) is 14.1. The van der Waals surface area contributed by atoms with Gasteiger partial charge in [0.05, 0.1) is 18.0 Å². The summed E-state index contributed by atoms with van der Waals surface area (Å²) in [6.07, 6.45) is 0.830. The van der Waals surface area contributed by atoms with E-state index in [1.54, 1.807) is 11.3 Å². The van der Waals surface area contributed by atoms with Crippen molar-refractivity contribution >= 4 is 29.0 Å². The zero-order valence-electron chi connectivity index (χ0n) is 10.8. The minimum atomic E-state index is -0.0349. The van der Waals surface area contributed by atoms with Gasteiger partial charge in [-0.15, -0.1) is 11.3 Å². The first-order chi connectivity index (χ1) is 9.17. The van der Waals surface area contributed by atoms with Gasteiger partial charge in [0.2, 0.25) is 5.91 Å². The second-order valence-electron chi connectivity index (χ2n) is 3.96. The molecule has 1 N–H and O–H groups in total. The molecule has 1 amide bonds. The molecule has 0 radical (unpaired) electrons. The SMILES string of the molecule is CCc1cc(CNC(=O)CSc2nc(C)cs2)on1. The van der Waals surface area contributed by atoms with Crippen LogP contribution in [0, 0.1) is 6.92 Å². The van der Waals surface area contributed by atoms with E-state index in [0.717, 1.165) is 22.1 Å². The number of hydrogen-bond acceptors (Lipinski definition) is 6. The van der Waals surface area contributed by atoms with Crippen molar-refractivity contribution in [3.63, 3.8) is 0 Å². The Morgan fingerprint density at radius 3 is 3.05 bits per heavy atom. The van der Waals surface area contributed by atoms with Crippen molar-refractivity contribution in [3.05, 3.63) is 28.6 Å². The number of hydrogen-bond donors (Lipinski definition) is 1. The van der Waals surface area contributed by atoms with E-state index >= 15 is 0 Å². The predicted molar refractivity (Wildman–Crippen MR) is 75.3 cm³/mol. The maximum atomic E-state index is 11.7. The Morgan fingerprint density at radius 1 is 1.58 bits per heavy atom. The highest BCUT2D eigenvalue weighted by Gasteiger charge is 2.07. The molecule has 0 aliphatic heterocycles. The summed E-state index contributed by atoms with van der Waals surface area (Å²) < 4.78 is 6.01. The second kappa shape index (κ2) is 6.72. The Balaban J connectivity index is 1.72. The monoisotopic (exact) mass is 297 g/mol. The quantitative estimate of drug-likeness (QED) is 0.829. The van der Waals surface area contributed by atoms with Gasteiger partial charge in [0.1, 0.15) is 0 Å². The summed E-state index contributed by atoms with van der Waals surface area (Å²) in [6.45, 7) is 4.33. The van der Waals surface area contributed by atoms with Crippen LogP contribution in [0.2, 0.25) is 0 Å². The lowest BCUT2D eigenvalue weighted by Crippen LogP contribution is -2.24. The van der Waals surface area contributed by atoms with E-state index in [1.165, 1.54) is 11.8 Å². The second-order valence-corrected chi connectivity index (χ2v) is 6.04. The van der Waals surface area contributed by atoms with Gasteiger partial charge in [-0.1, -0.05) is 23.8 Å². The number of aryl methyl sites for hydroxylation is 2. The zero-order valence-corrected chi connectivity index (χ0v) is 12.4. The average molecular weight is 297 g/mol. The fourth-order valence-electron chi connectivity index (χ4n) is 1.37. The van der Waals surface area contributed by atoms with Crippen molar-refractivity contribution < 1.29 is 9.32 Å². The van der Waals surface area contributed by atoms with Gasteiger partial charge in [-0.2, -0.15) is 0 Å². The van der Waals surface area contributed by atoms with Gasteiger partial charge in [-0.3, -0.25) is 4.79 Å². The molecule has 2 heterocycles. The summed E-state index contributed by atoms with van der Waals surface area (Å²) in [7, 11) is 0. The first-order valence-electron chi connectivity index (χ1n) is 5.93. The van der Waals surface area contributed by atoms with E-state index in [9.17, 15) is 4.79 Å². The van der Waals surface area contributed by atoms with Crippen LogP contribution in [-0.2, 0) is 17.8 Å². The molecule has 7 heteroatoms. The summed E-state index contributed by atoms with van der Waals surface area (Å²) in [5.74, 6) is 1.01. The number of amides is 1. The zero-order chi connectivity index (χ0) is 13.7. The summed E-state index contributed by atoms with van der Waals surface area (Å²) in [5, 5.41) is 8.64. The molecule has 0 atom stereocenters. The molecule has 0 unspecified atom stereocenters. The third kappa shape index (κ3) is 4.36. The third-order valence-corrected chi connectivity index (χ3v) is 4.49. The van der Waals surface area contributed by atoms with Gasteiger partial charge >= 0.3 is 0 Å². The Bertz CT molecular complexity index is 551. The van der Waals surface area contributed by atoms with Gasteiger partial charge in [0.25, 0.3) is 0 Å². The van der Waals surface area contributed by atoms with Crippen LogP contribution in [0.15, 0.2) is 20.3 Å². The van der Waals surface area contributed by atoms with E-state index in [-0.39, 0.29) is 5.91 Å².